The molecule has 0 saturated carbocycles. The van der Waals surface area contributed by atoms with Gasteiger partial charge in [0, 0.05) is 13.1 Å². The molecular formula is C9H12N2O5. The third kappa shape index (κ3) is 2.37. The Balaban J connectivity index is 2.87. The zero-order valence-corrected chi connectivity index (χ0v) is 8.82. The third-order valence-corrected chi connectivity index (χ3v) is 2.10. The number of aliphatic hydroxyl groups excluding tert-OH is 1. The number of rotatable bonds is 4. The third-order valence-electron chi connectivity index (χ3n) is 2.10. The van der Waals surface area contributed by atoms with Crippen LogP contribution in [0.25, 0.3) is 0 Å². The van der Waals surface area contributed by atoms with E-state index in [0.717, 1.165) is 4.90 Å². The summed E-state index contributed by atoms with van der Waals surface area (Å²) in [7, 11) is 1.28. The van der Waals surface area contributed by atoms with Crippen LogP contribution in [0.2, 0.25) is 0 Å². The van der Waals surface area contributed by atoms with Crippen molar-refractivity contribution in [1.29, 1.82) is 0 Å². The van der Waals surface area contributed by atoms with Crippen molar-refractivity contribution in [2.45, 2.75) is 19.1 Å². The van der Waals surface area contributed by atoms with Gasteiger partial charge in [0.25, 0.3) is 5.91 Å². The Kier molecular flexibility index (Phi) is 3.62. The molecule has 16 heavy (non-hydrogen) atoms. The normalized spacial score (nSPS) is 14.2. The number of carbonyl (C=O) groups excluding carboxylic acids is 1. The maximum atomic E-state index is 11.7. The van der Waals surface area contributed by atoms with Gasteiger partial charge in [0.1, 0.15) is 6.26 Å². The molecule has 7 heteroatoms. The SMILES string of the molecule is C[C@@H](O)[C@@H](C(=O)O)N(C)C(=O)c1ccon1. The quantitative estimate of drug-likeness (QED) is 0.725. The molecule has 88 valence electrons. The molecule has 0 aliphatic heterocycles. The minimum absolute atomic E-state index is 0.00519. The van der Waals surface area contributed by atoms with Crippen LogP contribution in [0.15, 0.2) is 16.9 Å². The van der Waals surface area contributed by atoms with Gasteiger partial charge >= 0.3 is 5.97 Å². The molecule has 7 nitrogen and oxygen atoms in total. The molecule has 0 aliphatic rings. The number of hydrogen-bond donors (Lipinski definition) is 2. The van der Waals surface area contributed by atoms with E-state index in [0.29, 0.717) is 0 Å². The van der Waals surface area contributed by atoms with Crippen molar-refractivity contribution in [2.75, 3.05) is 7.05 Å². The molecule has 1 aromatic heterocycles. The van der Waals surface area contributed by atoms with Crippen LogP contribution in [-0.2, 0) is 4.79 Å². The summed E-state index contributed by atoms with van der Waals surface area (Å²) < 4.78 is 4.48. The Morgan fingerprint density at radius 3 is 2.56 bits per heavy atom. The number of aliphatic carboxylic acids is 1. The van der Waals surface area contributed by atoms with E-state index in [1.54, 1.807) is 0 Å². The van der Waals surface area contributed by atoms with E-state index < -0.39 is 24.0 Å². The van der Waals surface area contributed by atoms with Gasteiger partial charge in [-0.1, -0.05) is 5.16 Å². The number of amides is 1. The van der Waals surface area contributed by atoms with Crippen molar-refractivity contribution in [2.24, 2.45) is 0 Å². The summed E-state index contributed by atoms with van der Waals surface area (Å²) in [5.41, 5.74) is -0.00519. The fourth-order valence-corrected chi connectivity index (χ4v) is 1.33. The standard InChI is InChI=1S/C9H12N2O5/c1-5(12)7(9(14)15)11(2)8(13)6-3-4-16-10-6/h3-5,7,12H,1-2H3,(H,14,15)/t5-,7+/m1/s1. The molecule has 0 unspecified atom stereocenters. The van der Waals surface area contributed by atoms with E-state index in [1.807, 2.05) is 0 Å². The predicted molar refractivity (Wildman–Crippen MR) is 51.7 cm³/mol. The monoisotopic (exact) mass is 228 g/mol. The van der Waals surface area contributed by atoms with Crippen molar-refractivity contribution in [3.05, 3.63) is 18.0 Å². The summed E-state index contributed by atoms with van der Waals surface area (Å²) in [4.78, 5) is 23.5. The molecule has 0 spiro atoms. The smallest absolute Gasteiger partial charge is 0.329 e. The van der Waals surface area contributed by atoms with Crippen molar-refractivity contribution >= 4 is 11.9 Å². The van der Waals surface area contributed by atoms with Crippen molar-refractivity contribution in [3.8, 4) is 0 Å². The summed E-state index contributed by atoms with van der Waals surface area (Å²) in [6.07, 6.45) is 0.0255. The molecule has 1 amide bonds. The first-order valence-electron chi connectivity index (χ1n) is 4.53. The molecule has 0 radical (unpaired) electrons. The lowest BCUT2D eigenvalue weighted by Crippen LogP contribution is -2.48. The molecule has 1 heterocycles. The number of likely N-dealkylation sites (N-methyl/N-ethyl adjacent to an activating group) is 1. The van der Waals surface area contributed by atoms with Gasteiger partial charge in [0.05, 0.1) is 6.10 Å². The average molecular weight is 228 g/mol. The Morgan fingerprint density at radius 1 is 1.56 bits per heavy atom. The summed E-state index contributed by atoms with van der Waals surface area (Å²) in [5.74, 6) is -1.91. The lowest BCUT2D eigenvalue weighted by Gasteiger charge is -2.25. The van der Waals surface area contributed by atoms with Crippen LogP contribution in [0, 0.1) is 0 Å². The van der Waals surface area contributed by atoms with Crippen LogP contribution in [0.4, 0.5) is 0 Å². The van der Waals surface area contributed by atoms with Crippen molar-refractivity contribution in [3.63, 3.8) is 0 Å². The van der Waals surface area contributed by atoms with Gasteiger partial charge < -0.3 is 19.6 Å². The van der Waals surface area contributed by atoms with Gasteiger partial charge in [-0.3, -0.25) is 4.79 Å². The number of hydrogen-bond acceptors (Lipinski definition) is 5. The second-order valence-corrected chi connectivity index (χ2v) is 3.32. The van der Waals surface area contributed by atoms with Crippen LogP contribution in [0.1, 0.15) is 17.4 Å². The molecule has 0 fully saturated rings. The highest BCUT2D eigenvalue weighted by Crippen LogP contribution is 2.08. The molecule has 0 aromatic carbocycles. The number of carbonyl (C=O) groups is 2. The molecule has 0 bridgehead atoms. The summed E-state index contributed by atoms with van der Waals surface area (Å²) in [6.45, 7) is 1.30. The topological polar surface area (TPSA) is 104 Å². The Labute approximate surface area is 91.3 Å². The maximum absolute atomic E-state index is 11.7. The van der Waals surface area contributed by atoms with Gasteiger partial charge in [-0.05, 0) is 6.92 Å². The molecular weight excluding hydrogens is 216 g/mol. The lowest BCUT2D eigenvalue weighted by molar-refractivity contribution is -0.145. The predicted octanol–water partition coefficient (Wildman–Crippen LogP) is -0.419. The van der Waals surface area contributed by atoms with Crippen LogP contribution < -0.4 is 0 Å². The highest BCUT2D eigenvalue weighted by molar-refractivity contribution is 5.94. The molecule has 2 atom stereocenters. The molecule has 2 N–H and O–H groups in total. The minimum Gasteiger partial charge on any atom is -0.480 e. The van der Waals surface area contributed by atoms with Gasteiger partial charge in [-0.2, -0.15) is 0 Å². The summed E-state index contributed by atoms with van der Waals surface area (Å²) in [5, 5.41) is 21.5. The second kappa shape index (κ2) is 4.75. The van der Waals surface area contributed by atoms with Crippen LogP contribution in [0.3, 0.4) is 0 Å². The van der Waals surface area contributed by atoms with Crippen LogP contribution in [0.5, 0.6) is 0 Å². The average Bonchev–Trinajstić information content (AvgIpc) is 2.67. The molecule has 1 rings (SSSR count). The summed E-state index contributed by atoms with van der Waals surface area (Å²) in [6, 6.07) is 0.00368. The first-order valence-corrected chi connectivity index (χ1v) is 4.53. The molecule has 0 aliphatic carbocycles. The first kappa shape index (κ1) is 12.2. The Morgan fingerprint density at radius 2 is 2.19 bits per heavy atom. The van der Waals surface area contributed by atoms with Gasteiger partial charge in [0.2, 0.25) is 0 Å². The van der Waals surface area contributed by atoms with Gasteiger partial charge in [-0.25, -0.2) is 4.79 Å². The van der Waals surface area contributed by atoms with Crippen molar-refractivity contribution in [1.82, 2.24) is 10.1 Å². The fourth-order valence-electron chi connectivity index (χ4n) is 1.33. The number of carboxylic acid groups (broad SMARTS) is 1. The van der Waals surface area contributed by atoms with Crippen molar-refractivity contribution < 1.29 is 24.3 Å². The zero-order valence-electron chi connectivity index (χ0n) is 8.82. The molecule has 0 saturated heterocycles. The maximum Gasteiger partial charge on any atom is 0.329 e. The van der Waals surface area contributed by atoms with Gasteiger partial charge in [0.15, 0.2) is 11.7 Å². The first-order chi connectivity index (χ1) is 7.45. The number of aromatic nitrogens is 1. The van der Waals surface area contributed by atoms with E-state index >= 15 is 0 Å². The van der Waals surface area contributed by atoms with E-state index in [1.165, 1.54) is 26.3 Å². The highest BCUT2D eigenvalue weighted by atomic mass is 16.5. The number of carboxylic acids is 1. The van der Waals surface area contributed by atoms with Crippen LogP contribution in [-0.4, -0.2) is 51.3 Å². The number of nitrogens with zero attached hydrogens (tertiary/aromatic N) is 2. The molecule has 1 aromatic rings. The lowest BCUT2D eigenvalue weighted by atomic mass is 10.1. The van der Waals surface area contributed by atoms with E-state index in [4.69, 9.17) is 5.11 Å². The van der Waals surface area contributed by atoms with E-state index in [9.17, 15) is 14.7 Å². The Hall–Kier alpha value is -1.89. The fraction of sp³-hybridized carbons (Fsp3) is 0.444. The summed E-state index contributed by atoms with van der Waals surface area (Å²) >= 11 is 0. The van der Waals surface area contributed by atoms with E-state index in [2.05, 4.69) is 9.68 Å². The number of aliphatic hydroxyl groups is 1. The largest absolute Gasteiger partial charge is 0.480 e. The zero-order chi connectivity index (χ0) is 12.3. The second-order valence-electron chi connectivity index (χ2n) is 3.32. The minimum atomic E-state index is -1.32. The van der Waals surface area contributed by atoms with E-state index in [-0.39, 0.29) is 5.69 Å². The van der Waals surface area contributed by atoms with Crippen LogP contribution >= 0.6 is 0 Å². The Bertz CT molecular complexity index is 373. The highest BCUT2D eigenvalue weighted by Gasteiger charge is 2.32. The van der Waals surface area contributed by atoms with Gasteiger partial charge in [-0.15, -0.1) is 0 Å².